The predicted molar refractivity (Wildman–Crippen MR) is 120 cm³/mol. The van der Waals surface area contributed by atoms with Crippen LogP contribution in [0.4, 0.5) is 5.69 Å². The minimum Gasteiger partial charge on any atom is -0.382 e. The molecular weight excluding hydrogens is 396 g/mol. The fourth-order valence-electron chi connectivity index (χ4n) is 3.94. The van der Waals surface area contributed by atoms with Crippen LogP contribution < -0.4 is 5.32 Å². The largest absolute Gasteiger partial charge is 0.382 e. The first kappa shape index (κ1) is 20.3. The number of anilines is 1. The lowest BCUT2D eigenvalue weighted by Crippen LogP contribution is -2.41. The predicted octanol–water partition coefficient (Wildman–Crippen LogP) is 3.80. The number of nitrogens with zero attached hydrogens (tertiary/aromatic N) is 3. The third-order valence-electron chi connectivity index (χ3n) is 5.61. The van der Waals surface area contributed by atoms with Crippen molar-refractivity contribution >= 4 is 26.5 Å². The van der Waals surface area contributed by atoms with Gasteiger partial charge >= 0.3 is 0 Å². The van der Waals surface area contributed by atoms with Gasteiger partial charge in [-0.25, -0.2) is 12.7 Å². The van der Waals surface area contributed by atoms with Crippen LogP contribution in [0.15, 0.2) is 54.9 Å². The van der Waals surface area contributed by atoms with Gasteiger partial charge in [-0.3, -0.25) is 4.98 Å². The second kappa shape index (κ2) is 8.42. The van der Waals surface area contributed by atoms with Crippen LogP contribution in [-0.4, -0.2) is 43.1 Å². The summed E-state index contributed by atoms with van der Waals surface area (Å²) in [5, 5.41) is 14.7. The molecule has 1 aliphatic rings. The molecule has 0 radical (unpaired) electrons. The summed E-state index contributed by atoms with van der Waals surface area (Å²) in [4.78, 5) is 4.29. The number of rotatable bonds is 5. The van der Waals surface area contributed by atoms with E-state index in [1.54, 1.807) is 10.5 Å². The maximum atomic E-state index is 11.8. The van der Waals surface area contributed by atoms with E-state index in [1.807, 2.05) is 36.5 Å². The molecule has 1 aliphatic heterocycles. The van der Waals surface area contributed by atoms with Crippen molar-refractivity contribution in [2.24, 2.45) is 0 Å². The number of pyridine rings is 1. The highest BCUT2D eigenvalue weighted by Crippen LogP contribution is 2.32. The first-order valence-corrected chi connectivity index (χ1v) is 11.8. The van der Waals surface area contributed by atoms with E-state index in [4.69, 9.17) is 5.26 Å². The molecule has 1 fully saturated rings. The van der Waals surface area contributed by atoms with Gasteiger partial charge in [0.05, 0.1) is 18.7 Å². The second-order valence-corrected chi connectivity index (χ2v) is 9.72. The lowest BCUT2D eigenvalue weighted by Gasteiger charge is -2.31. The lowest BCUT2D eigenvalue weighted by atomic mass is 9.98. The molecule has 6 nitrogen and oxygen atoms in total. The summed E-state index contributed by atoms with van der Waals surface area (Å²) in [6, 6.07) is 16.7. The van der Waals surface area contributed by atoms with Gasteiger partial charge in [-0.15, -0.1) is 0 Å². The molecule has 0 saturated carbocycles. The van der Waals surface area contributed by atoms with Gasteiger partial charge in [0.25, 0.3) is 0 Å². The van der Waals surface area contributed by atoms with Crippen molar-refractivity contribution in [2.45, 2.75) is 25.3 Å². The van der Waals surface area contributed by atoms with Crippen molar-refractivity contribution < 1.29 is 8.42 Å². The summed E-state index contributed by atoms with van der Waals surface area (Å²) in [5.74, 6) is 0. The number of fused-ring (bicyclic) bond motifs is 1. The van der Waals surface area contributed by atoms with Crippen LogP contribution in [0.1, 0.15) is 18.4 Å². The van der Waals surface area contributed by atoms with Crippen molar-refractivity contribution in [3.8, 4) is 17.2 Å². The average Bonchev–Trinajstić information content (AvgIpc) is 2.74. The number of benzene rings is 2. The van der Waals surface area contributed by atoms with Crippen molar-refractivity contribution in [3.05, 3.63) is 60.4 Å². The van der Waals surface area contributed by atoms with Crippen molar-refractivity contribution in [3.63, 3.8) is 0 Å². The number of nitrogens with one attached hydrogen (secondary N) is 1. The molecule has 154 valence electrons. The highest BCUT2D eigenvalue weighted by molar-refractivity contribution is 7.88. The van der Waals surface area contributed by atoms with Gasteiger partial charge in [-0.05, 0) is 53.1 Å². The van der Waals surface area contributed by atoms with E-state index in [1.165, 1.54) is 6.26 Å². The first-order valence-electron chi connectivity index (χ1n) is 10.00. The molecular formula is C23H24N4O2S. The summed E-state index contributed by atoms with van der Waals surface area (Å²) in [5.41, 5.74) is 4.19. The Labute approximate surface area is 177 Å². The Hall–Kier alpha value is -2.95. The number of hydrogen-bond donors (Lipinski definition) is 1. The normalized spacial score (nSPS) is 15.7. The zero-order chi connectivity index (χ0) is 21.1. The molecule has 0 aliphatic carbocycles. The molecule has 30 heavy (non-hydrogen) atoms. The molecule has 2 heterocycles. The van der Waals surface area contributed by atoms with Gasteiger partial charge in [0.1, 0.15) is 0 Å². The molecule has 2 aromatic carbocycles. The summed E-state index contributed by atoms with van der Waals surface area (Å²) in [6.07, 6.45) is 6.86. The molecule has 7 heteroatoms. The maximum absolute atomic E-state index is 11.8. The number of piperidine rings is 1. The zero-order valence-corrected chi connectivity index (χ0v) is 17.7. The third-order valence-corrected chi connectivity index (χ3v) is 6.91. The van der Waals surface area contributed by atoms with E-state index in [0.717, 1.165) is 46.0 Å². The Morgan fingerprint density at radius 1 is 1.13 bits per heavy atom. The van der Waals surface area contributed by atoms with Gasteiger partial charge in [0, 0.05) is 42.6 Å². The highest BCUT2D eigenvalue weighted by Gasteiger charge is 2.25. The Bertz CT molecular complexity index is 1190. The zero-order valence-electron chi connectivity index (χ0n) is 16.9. The molecule has 0 amide bonds. The minimum atomic E-state index is -3.13. The van der Waals surface area contributed by atoms with E-state index in [2.05, 4.69) is 28.5 Å². The molecule has 1 N–H and O–H groups in total. The number of aromatic nitrogens is 1. The van der Waals surface area contributed by atoms with Crippen molar-refractivity contribution in [2.75, 3.05) is 24.7 Å². The average molecular weight is 421 g/mol. The Kier molecular flexibility index (Phi) is 5.71. The van der Waals surface area contributed by atoms with E-state index in [-0.39, 0.29) is 6.04 Å². The van der Waals surface area contributed by atoms with Crippen molar-refractivity contribution in [1.82, 2.24) is 9.29 Å². The van der Waals surface area contributed by atoms with Crippen LogP contribution >= 0.6 is 0 Å². The highest BCUT2D eigenvalue weighted by atomic mass is 32.2. The second-order valence-electron chi connectivity index (χ2n) is 7.73. The molecule has 1 aromatic heterocycles. The maximum Gasteiger partial charge on any atom is 0.211 e. The van der Waals surface area contributed by atoms with Gasteiger partial charge in [0.15, 0.2) is 0 Å². The third kappa shape index (κ3) is 4.45. The number of nitriles is 1. The summed E-state index contributed by atoms with van der Waals surface area (Å²) >= 11 is 0. The van der Waals surface area contributed by atoms with Gasteiger partial charge in [-0.2, -0.15) is 5.26 Å². The lowest BCUT2D eigenvalue weighted by molar-refractivity contribution is 0.332. The monoisotopic (exact) mass is 420 g/mol. The smallest absolute Gasteiger partial charge is 0.211 e. The number of sulfonamides is 1. The fourth-order valence-corrected chi connectivity index (χ4v) is 4.82. The molecule has 0 unspecified atom stereocenters. The number of hydrogen-bond acceptors (Lipinski definition) is 5. The van der Waals surface area contributed by atoms with E-state index in [0.29, 0.717) is 19.5 Å². The van der Waals surface area contributed by atoms with Gasteiger partial charge in [-0.1, -0.05) is 24.3 Å². The summed E-state index contributed by atoms with van der Waals surface area (Å²) < 4.78 is 25.1. The first-order chi connectivity index (χ1) is 14.4. The Balaban J connectivity index is 1.62. The van der Waals surface area contributed by atoms with Crippen LogP contribution in [0.2, 0.25) is 0 Å². The SMILES string of the molecule is CS(=O)(=O)N1CCC(Nc2cc(-c3ccc(CC#N)cc3)cc3ccncc23)CC1. The molecule has 0 spiro atoms. The van der Waals surface area contributed by atoms with Gasteiger partial charge in [0.2, 0.25) is 10.0 Å². The Morgan fingerprint density at radius 3 is 2.53 bits per heavy atom. The van der Waals surface area contributed by atoms with Crippen molar-refractivity contribution in [1.29, 1.82) is 5.26 Å². The summed E-state index contributed by atoms with van der Waals surface area (Å²) in [7, 11) is -3.13. The van der Waals surface area contributed by atoms with Gasteiger partial charge < -0.3 is 5.32 Å². The van der Waals surface area contributed by atoms with E-state index in [9.17, 15) is 8.42 Å². The van der Waals surface area contributed by atoms with Crippen LogP contribution in [0, 0.1) is 11.3 Å². The fraction of sp³-hybridized carbons (Fsp3) is 0.304. The van der Waals surface area contributed by atoms with Crippen LogP contribution in [-0.2, 0) is 16.4 Å². The quantitative estimate of drug-likeness (QED) is 0.678. The van der Waals surface area contributed by atoms with Crippen LogP contribution in [0.5, 0.6) is 0 Å². The molecule has 0 atom stereocenters. The Morgan fingerprint density at radius 2 is 1.87 bits per heavy atom. The topological polar surface area (TPSA) is 86.1 Å². The van der Waals surface area contributed by atoms with E-state index < -0.39 is 10.0 Å². The van der Waals surface area contributed by atoms with Crippen LogP contribution in [0.3, 0.4) is 0 Å². The molecule has 3 aromatic rings. The minimum absolute atomic E-state index is 0.208. The molecule has 4 rings (SSSR count). The molecule has 1 saturated heterocycles. The van der Waals surface area contributed by atoms with Crippen LogP contribution in [0.25, 0.3) is 21.9 Å². The molecule has 0 bridgehead atoms. The van der Waals surface area contributed by atoms with E-state index >= 15 is 0 Å². The summed E-state index contributed by atoms with van der Waals surface area (Å²) in [6.45, 7) is 1.07. The standard InChI is InChI=1S/C23H24N4O2S/c1-30(28,29)27-12-8-21(9-13-27)26-23-15-20(14-19-7-11-25-16-22(19)23)18-4-2-17(3-5-18)6-10-24/h2-5,7,11,14-16,21,26H,6,8-9,12-13H2,1H3.